The van der Waals surface area contributed by atoms with Gasteiger partial charge in [-0.05, 0) is 25.8 Å². The highest BCUT2D eigenvalue weighted by atomic mass is 16.6. The summed E-state index contributed by atoms with van der Waals surface area (Å²) in [4.78, 5) is 10.3. The van der Waals surface area contributed by atoms with Crippen molar-refractivity contribution in [3.05, 3.63) is 16.3 Å². The van der Waals surface area contributed by atoms with Crippen molar-refractivity contribution in [2.75, 3.05) is 18.4 Å². The molecule has 1 saturated heterocycles. The normalized spacial score (nSPS) is 19.5. The Bertz CT molecular complexity index is 397. The van der Waals surface area contributed by atoms with E-state index < -0.39 is 4.92 Å². The summed E-state index contributed by atoms with van der Waals surface area (Å²) in [6, 6.07) is 0.533. The summed E-state index contributed by atoms with van der Waals surface area (Å²) in [7, 11) is 1.68. The van der Waals surface area contributed by atoms with Gasteiger partial charge in [-0.15, -0.1) is 5.10 Å². The number of aromatic nitrogens is 2. The number of nitrogens with one attached hydrogen (secondary N) is 2. The average molecular weight is 239 g/mol. The van der Waals surface area contributed by atoms with E-state index in [4.69, 9.17) is 0 Å². The van der Waals surface area contributed by atoms with Crippen LogP contribution in [0.4, 0.5) is 11.5 Å². The van der Waals surface area contributed by atoms with Crippen LogP contribution in [0, 0.1) is 10.1 Å². The quantitative estimate of drug-likeness (QED) is 0.588. The average Bonchev–Trinajstić information content (AvgIpc) is 2.88. The number of nitrogens with zero attached hydrogens (tertiary/aromatic N) is 3. The lowest BCUT2D eigenvalue weighted by Crippen LogP contribution is -2.24. The van der Waals surface area contributed by atoms with E-state index in [-0.39, 0.29) is 5.69 Å². The third kappa shape index (κ3) is 2.94. The Labute approximate surface area is 99.3 Å². The van der Waals surface area contributed by atoms with E-state index in [1.165, 1.54) is 23.7 Å². The van der Waals surface area contributed by atoms with Gasteiger partial charge in [0.2, 0.25) is 5.82 Å². The minimum Gasteiger partial charge on any atom is -0.363 e. The van der Waals surface area contributed by atoms with E-state index in [1.54, 1.807) is 7.05 Å². The molecule has 7 heteroatoms. The molecule has 1 aliphatic rings. The Morgan fingerprint density at radius 2 is 2.59 bits per heavy atom. The minimum absolute atomic E-state index is 0.0341. The predicted molar refractivity (Wildman–Crippen MR) is 64.0 cm³/mol. The molecule has 2 heterocycles. The molecule has 7 nitrogen and oxygen atoms in total. The van der Waals surface area contributed by atoms with Gasteiger partial charge < -0.3 is 10.6 Å². The Morgan fingerprint density at radius 1 is 1.76 bits per heavy atom. The van der Waals surface area contributed by atoms with Gasteiger partial charge in [0.15, 0.2) is 0 Å². The lowest BCUT2D eigenvalue weighted by molar-refractivity contribution is -0.384. The SMILES string of the molecule is Cn1cc([N+](=O)[O-])c(NCC[C@@H]2CCCN2)n1. The summed E-state index contributed by atoms with van der Waals surface area (Å²) < 4.78 is 1.45. The molecule has 0 amide bonds. The van der Waals surface area contributed by atoms with Crippen molar-refractivity contribution in [3.63, 3.8) is 0 Å². The van der Waals surface area contributed by atoms with Crippen LogP contribution in [0.1, 0.15) is 19.3 Å². The van der Waals surface area contributed by atoms with Crippen LogP contribution in [0.25, 0.3) is 0 Å². The third-order valence-corrected chi connectivity index (χ3v) is 2.95. The molecule has 1 fully saturated rings. The van der Waals surface area contributed by atoms with Crippen LogP contribution >= 0.6 is 0 Å². The smallest absolute Gasteiger partial charge is 0.330 e. The van der Waals surface area contributed by atoms with Crippen molar-refractivity contribution in [1.82, 2.24) is 15.1 Å². The largest absolute Gasteiger partial charge is 0.363 e. The summed E-state index contributed by atoms with van der Waals surface area (Å²) in [5, 5.41) is 21.2. The van der Waals surface area contributed by atoms with Crippen LogP contribution < -0.4 is 10.6 Å². The first kappa shape index (κ1) is 11.8. The van der Waals surface area contributed by atoms with Gasteiger partial charge in [0, 0.05) is 19.6 Å². The maximum atomic E-state index is 10.8. The lowest BCUT2D eigenvalue weighted by atomic mass is 10.1. The third-order valence-electron chi connectivity index (χ3n) is 2.95. The van der Waals surface area contributed by atoms with Crippen molar-refractivity contribution in [2.24, 2.45) is 7.05 Å². The first-order chi connectivity index (χ1) is 8.16. The zero-order valence-corrected chi connectivity index (χ0v) is 9.85. The zero-order chi connectivity index (χ0) is 12.3. The van der Waals surface area contributed by atoms with E-state index in [2.05, 4.69) is 15.7 Å². The molecule has 0 unspecified atom stereocenters. The number of hydrogen-bond acceptors (Lipinski definition) is 5. The van der Waals surface area contributed by atoms with E-state index in [1.807, 2.05) is 0 Å². The lowest BCUT2D eigenvalue weighted by Gasteiger charge is -2.09. The maximum absolute atomic E-state index is 10.8. The van der Waals surface area contributed by atoms with E-state index >= 15 is 0 Å². The second-order valence-electron chi connectivity index (χ2n) is 4.30. The van der Waals surface area contributed by atoms with E-state index in [9.17, 15) is 10.1 Å². The Hall–Kier alpha value is -1.63. The van der Waals surface area contributed by atoms with Gasteiger partial charge in [0.05, 0.1) is 4.92 Å². The van der Waals surface area contributed by atoms with E-state index in [0.29, 0.717) is 18.4 Å². The maximum Gasteiger partial charge on any atom is 0.330 e. The van der Waals surface area contributed by atoms with Crippen LogP contribution in [0.15, 0.2) is 6.20 Å². The highest BCUT2D eigenvalue weighted by molar-refractivity contribution is 5.54. The van der Waals surface area contributed by atoms with Crippen molar-refractivity contribution in [3.8, 4) is 0 Å². The van der Waals surface area contributed by atoms with Crippen LogP contribution in [0.2, 0.25) is 0 Å². The molecule has 1 atom stereocenters. The number of anilines is 1. The zero-order valence-electron chi connectivity index (χ0n) is 9.85. The molecule has 0 bridgehead atoms. The van der Waals surface area contributed by atoms with E-state index in [0.717, 1.165) is 13.0 Å². The highest BCUT2D eigenvalue weighted by Gasteiger charge is 2.19. The molecule has 0 spiro atoms. The summed E-state index contributed by atoms with van der Waals surface area (Å²) in [6.07, 6.45) is 4.78. The van der Waals surface area contributed by atoms with Crippen molar-refractivity contribution in [1.29, 1.82) is 0 Å². The molecule has 1 aliphatic heterocycles. The molecule has 94 valence electrons. The van der Waals surface area contributed by atoms with Crippen molar-refractivity contribution >= 4 is 11.5 Å². The molecular formula is C10H17N5O2. The number of nitro groups is 1. The molecule has 2 N–H and O–H groups in total. The summed E-state index contributed by atoms with van der Waals surface area (Å²) in [5.74, 6) is 0.357. The van der Waals surface area contributed by atoms with Gasteiger partial charge in [-0.2, -0.15) is 0 Å². The van der Waals surface area contributed by atoms with Gasteiger partial charge in [-0.25, -0.2) is 0 Å². The predicted octanol–water partition coefficient (Wildman–Crippen LogP) is 0.882. The molecule has 0 aliphatic carbocycles. The van der Waals surface area contributed by atoms with Crippen LogP contribution in [-0.4, -0.2) is 33.8 Å². The molecule has 0 aromatic carbocycles. The first-order valence-corrected chi connectivity index (χ1v) is 5.82. The second kappa shape index (κ2) is 5.13. The Kier molecular flexibility index (Phi) is 3.58. The fraction of sp³-hybridized carbons (Fsp3) is 0.700. The highest BCUT2D eigenvalue weighted by Crippen LogP contribution is 2.21. The molecule has 2 rings (SSSR count). The topological polar surface area (TPSA) is 85.0 Å². The van der Waals surface area contributed by atoms with Crippen molar-refractivity contribution < 1.29 is 4.92 Å². The molecule has 17 heavy (non-hydrogen) atoms. The fourth-order valence-electron chi connectivity index (χ4n) is 2.10. The standard InChI is InChI=1S/C10H17N5O2/c1-14-7-9(15(16)17)10(13-14)12-6-4-8-3-2-5-11-8/h7-8,11H,2-6H2,1H3,(H,12,13)/t8-/m0/s1. The van der Waals surface area contributed by atoms with Gasteiger partial charge in [-0.3, -0.25) is 14.8 Å². The number of aryl methyl sites for hydroxylation is 1. The van der Waals surface area contributed by atoms with Gasteiger partial charge >= 0.3 is 5.69 Å². The molecule has 0 radical (unpaired) electrons. The Morgan fingerprint density at radius 3 is 3.24 bits per heavy atom. The van der Waals surface area contributed by atoms with Gasteiger partial charge in [-0.1, -0.05) is 0 Å². The van der Waals surface area contributed by atoms with Crippen LogP contribution in [0.5, 0.6) is 0 Å². The Balaban J connectivity index is 1.87. The number of rotatable bonds is 5. The summed E-state index contributed by atoms with van der Waals surface area (Å²) in [6.45, 7) is 1.78. The molecule has 1 aromatic rings. The molecule has 0 saturated carbocycles. The summed E-state index contributed by atoms with van der Waals surface area (Å²) in [5.41, 5.74) is 0.0341. The minimum atomic E-state index is -0.414. The summed E-state index contributed by atoms with van der Waals surface area (Å²) >= 11 is 0. The van der Waals surface area contributed by atoms with Gasteiger partial charge in [0.1, 0.15) is 6.20 Å². The fourth-order valence-corrected chi connectivity index (χ4v) is 2.10. The number of hydrogen-bond donors (Lipinski definition) is 2. The van der Waals surface area contributed by atoms with Gasteiger partial charge in [0.25, 0.3) is 0 Å². The van der Waals surface area contributed by atoms with Crippen molar-refractivity contribution in [2.45, 2.75) is 25.3 Å². The second-order valence-corrected chi connectivity index (χ2v) is 4.30. The van der Waals surface area contributed by atoms with Crippen LogP contribution in [0.3, 0.4) is 0 Å². The molecule has 1 aromatic heterocycles. The molecular weight excluding hydrogens is 222 g/mol. The monoisotopic (exact) mass is 239 g/mol. The van der Waals surface area contributed by atoms with Crippen LogP contribution in [-0.2, 0) is 7.05 Å². The first-order valence-electron chi connectivity index (χ1n) is 5.82.